The number of para-hydroxylation sites is 1. The van der Waals surface area contributed by atoms with Crippen LogP contribution in [0.1, 0.15) is 59.5 Å². The lowest BCUT2D eigenvalue weighted by Gasteiger charge is -2.24. The van der Waals surface area contributed by atoms with Crippen LogP contribution < -0.4 is 20.3 Å². The van der Waals surface area contributed by atoms with E-state index in [9.17, 15) is 23.2 Å². The van der Waals surface area contributed by atoms with Gasteiger partial charge < -0.3 is 25.4 Å². The quantitative estimate of drug-likeness (QED) is 0.136. The monoisotopic (exact) mass is 643 g/mol. The van der Waals surface area contributed by atoms with Gasteiger partial charge in [-0.25, -0.2) is 4.79 Å². The average molecular weight is 644 g/mol. The van der Waals surface area contributed by atoms with Crippen molar-refractivity contribution in [1.82, 2.24) is 5.32 Å². The van der Waals surface area contributed by atoms with Crippen molar-refractivity contribution in [2.24, 2.45) is 0 Å². The first-order chi connectivity index (χ1) is 22.6. The predicted octanol–water partition coefficient (Wildman–Crippen LogP) is 7.87. The molecule has 0 unspecified atom stereocenters. The van der Waals surface area contributed by atoms with Crippen molar-refractivity contribution in [2.75, 3.05) is 23.8 Å². The molecule has 1 aliphatic carbocycles. The van der Waals surface area contributed by atoms with Crippen LogP contribution in [0, 0.1) is 0 Å². The van der Waals surface area contributed by atoms with Crippen LogP contribution in [0.2, 0.25) is 0 Å². The molecule has 3 N–H and O–H groups in total. The van der Waals surface area contributed by atoms with Crippen LogP contribution in [0.4, 0.5) is 20.2 Å². The largest absolute Gasteiger partial charge is 0.477 e. The standard InChI is InChI=1S/C24H28F2N2O3.C13H11NO2/c1-28(21-13-11-19(12-14-21)18-5-3-2-4-6-18)15-17-7-9-20(10-8-17)22(29)27-16-24(25,26)23(30)31;15-10-14-11-5-4-8-13(9-11)16-12-6-2-1-3-7-12/h7-14,18H,2-6,15-16H2,1H3,(H,27,29)(H,30,31);1-10H,(H,14,15). The fourth-order valence-corrected chi connectivity index (χ4v) is 5.27. The second-order valence-corrected chi connectivity index (χ2v) is 11.4. The Labute approximate surface area is 273 Å². The molecule has 2 amide bonds. The van der Waals surface area contributed by atoms with E-state index in [0.29, 0.717) is 30.3 Å². The molecule has 0 aliphatic heterocycles. The second kappa shape index (κ2) is 16.9. The molecule has 47 heavy (non-hydrogen) atoms. The van der Waals surface area contributed by atoms with E-state index < -0.39 is 24.3 Å². The van der Waals surface area contributed by atoms with Gasteiger partial charge in [-0.2, -0.15) is 8.78 Å². The number of alkyl halides is 2. The molecule has 10 heteroatoms. The molecule has 1 fully saturated rings. The summed E-state index contributed by atoms with van der Waals surface area (Å²) in [4.78, 5) is 34.8. The van der Waals surface area contributed by atoms with E-state index in [0.717, 1.165) is 17.0 Å². The van der Waals surface area contributed by atoms with Crippen LogP contribution in [-0.4, -0.2) is 42.9 Å². The fourth-order valence-electron chi connectivity index (χ4n) is 5.27. The molecular formula is C37H39F2N3O5. The zero-order chi connectivity index (χ0) is 33.6. The number of rotatable bonds is 12. The van der Waals surface area contributed by atoms with Gasteiger partial charge in [0.25, 0.3) is 5.91 Å². The highest BCUT2D eigenvalue weighted by Crippen LogP contribution is 2.33. The number of hydrogen-bond donors (Lipinski definition) is 3. The van der Waals surface area contributed by atoms with Crippen molar-refractivity contribution in [2.45, 2.75) is 50.5 Å². The Morgan fingerprint density at radius 1 is 0.894 bits per heavy atom. The summed E-state index contributed by atoms with van der Waals surface area (Å²) in [6.07, 6.45) is 7.13. The fraction of sp³-hybridized carbons (Fsp3) is 0.270. The summed E-state index contributed by atoms with van der Waals surface area (Å²) < 4.78 is 31.8. The first kappa shape index (κ1) is 34.6. The zero-order valence-corrected chi connectivity index (χ0v) is 26.2. The Kier molecular flexibility index (Phi) is 12.4. The number of hydrogen-bond acceptors (Lipinski definition) is 5. The number of amides is 2. The number of anilines is 2. The number of benzene rings is 4. The minimum atomic E-state index is -4.00. The Hall–Kier alpha value is -5.25. The van der Waals surface area contributed by atoms with Crippen molar-refractivity contribution in [3.05, 3.63) is 120 Å². The third kappa shape index (κ3) is 10.7. The molecule has 5 rings (SSSR count). The van der Waals surface area contributed by atoms with E-state index >= 15 is 0 Å². The normalized spacial score (nSPS) is 13.0. The average Bonchev–Trinajstić information content (AvgIpc) is 3.09. The van der Waals surface area contributed by atoms with Gasteiger partial charge in [-0.1, -0.05) is 67.8 Å². The lowest BCUT2D eigenvalue weighted by Crippen LogP contribution is -2.42. The summed E-state index contributed by atoms with van der Waals surface area (Å²) in [6, 6.07) is 32.0. The Morgan fingerprint density at radius 2 is 1.55 bits per heavy atom. The second-order valence-electron chi connectivity index (χ2n) is 11.4. The number of carboxylic acids is 1. The highest BCUT2D eigenvalue weighted by molar-refractivity contribution is 5.94. The van der Waals surface area contributed by atoms with Crippen molar-refractivity contribution in [3.63, 3.8) is 0 Å². The number of ether oxygens (including phenoxy) is 1. The third-order valence-corrected chi connectivity index (χ3v) is 7.87. The van der Waals surface area contributed by atoms with Gasteiger partial charge in [0.05, 0.1) is 6.54 Å². The Morgan fingerprint density at radius 3 is 2.19 bits per heavy atom. The van der Waals surface area contributed by atoms with Crippen molar-refractivity contribution >= 4 is 29.7 Å². The van der Waals surface area contributed by atoms with E-state index in [1.807, 2.05) is 54.8 Å². The number of halogens is 2. The molecule has 0 heterocycles. The molecule has 0 atom stereocenters. The van der Waals surface area contributed by atoms with E-state index in [1.54, 1.807) is 36.4 Å². The summed E-state index contributed by atoms with van der Waals surface area (Å²) in [5.41, 5.74) is 4.37. The van der Waals surface area contributed by atoms with Crippen molar-refractivity contribution in [3.8, 4) is 11.5 Å². The molecular weight excluding hydrogens is 604 g/mol. The molecule has 4 aromatic carbocycles. The van der Waals surface area contributed by atoms with Gasteiger partial charge in [-0.05, 0) is 78.4 Å². The van der Waals surface area contributed by atoms with Crippen LogP contribution in [-0.2, 0) is 16.1 Å². The molecule has 0 radical (unpaired) electrons. The summed E-state index contributed by atoms with van der Waals surface area (Å²) in [5.74, 6) is -4.87. The number of carboxylic acid groups (broad SMARTS) is 1. The molecule has 0 bridgehead atoms. The van der Waals surface area contributed by atoms with Crippen LogP contribution in [0.25, 0.3) is 0 Å². The van der Waals surface area contributed by atoms with Gasteiger partial charge in [0.2, 0.25) is 6.41 Å². The molecule has 246 valence electrons. The maximum absolute atomic E-state index is 13.1. The van der Waals surface area contributed by atoms with Crippen LogP contribution in [0.5, 0.6) is 11.5 Å². The van der Waals surface area contributed by atoms with Crippen LogP contribution in [0.15, 0.2) is 103 Å². The van der Waals surface area contributed by atoms with Crippen LogP contribution >= 0.6 is 0 Å². The third-order valence-electron chi connectivity index (χ3n) is 7.87. The molecule has 4 aromatic rings. The lowest BCUT2D eigenvalue weighted by atomic mass is 9.84. The van der Waals surface area contributed by atoms with Gasteiger partial charge in [0.15, 0.2) is 0 Å². The topological polar surface area (TPSA) is 108 Å². The molecule has 8 nitrogen and oxygen atoms in total. The number of aliphatic carboxylic acids is 1. The zero-order valence-electron chi connectivity index (χ0n) is 26.2. The Bertz CT molecular complexity index is 1590. The van der Waals surface area contributed by atoms with Crippen molar-refractivity contribution in [1.29, 1.82) is 0 Å². The smallest absolute Gasteiger partial charge is 0.376 e. The molecule has 1 saturated carbocycles. The minimum Gasteiger partial charge on any atom is -0.477 e. The first-order valence-corrected chi connectivity index (χ1v) is 15.5. The van der Waals surface area contributed by atoms with Gasteiger partial charge in [0.1, 0.15) is 11.5 Å². The first-order valence-electron chi connectivity index (χ1n) is 15.5. The Balaban J connectivity index is 0.000000261. The van der Waals surface area contributed by atoms with Gasteiger partial charge in [-0.15, -0.1) is 0 Å². The maximum Gasteiger partial charge on any atom is 0.376 e. The summed E-state index contributed by atoms with van der Waals surface area (Å²) in [7, 11) is 1.99. The molecule has 0 saturated heterocycles. The van der Waals surface area contributed by atoms with Crippen LogP contribution in [0.3, 0.4) is 0 Å². The SMILES string of the molecule is CN(Cc1ccc(C(=O)NCC(F)(F)C(=O)O)cc1)c1ccc(C2CCCCC2)cc1.O=CNc1cccc(Oc2ccccc2)c1. The minimum absolute atomic E-state index is 0.199. The lowest BCUT2D eigenvalue weighted by molar-refractivity contribution is -0.163. The van der Waals surface area contributed by atoms with E-state index in [-0.39, 0.29) is 5.56 Å². The molecule has 1 aliphatic rings. The molecule has 0 aromatic heterocycles. The maximum atomic E-state index is 13.1. The van der Waals surface area contributed by atoms with E-state index in [2.05, 4.69) is 34.5 Å². The molecule has 0 spiro atoms. The van der Waals surface area contributed by atoms with Gasteiger partial charge in [0, 0.05) is 36.6 Å². The highest BCUT2D eigenvalue weighted by atomic mass is 19.3. The number of carbonyl (C=O) groups is 3. The number of carbonyl (C=O) groups excluding carboxylic acids is 2. The number of nitrogens with one attached hydrogen (secondary N) is 2. The van der Waals surface area contributed by atoms with Gasteiger partial charge >= 0.3 is 11.9 Å². The summed E-state index contributed by atoms with van der Waals surface area (Å²) in [6.45, 7) is -0.621. The van der Waals surface area contributed by atoms with E-state index in [4.69, 9.17) is 9.84 Å². The van der Waals surface area contributed by atoms with E-state index in [1.165, 1.54) is 37.7 Å². The summed E-state index contributed by atoms with van der Waals surface area (Å²) in [5, 5.41) is 12.9. The summed E-state index contributed by atoms with van der Waals surface area (Å²) >= 11 is 0. The predicted molar refractivity (Wildman–Crippen MR) is 178 cm³/mol. The number of nitrogens with zero attached hydrogens (tertiary/aromatic N) is 1. The van der Waals surface area contributed by atoms with Crippen molar-refractivity contribution < 1.29 is 33.0 Å². The van der Waals surface area contributed by atoms with Gasteiger partial charge in [-0.3, -0.25) is 9.59 Å². The highest BCUT2D eigenvalue weighted by Gasteiger charge is 2.39.